The average molecular weight is 1340 g/mol. The monoisotopic (exact) mass is 1340 g/mol. The minimum atomic E-state index is -1.66. The third-order valence-electron chi connectivity index (χ3n) is 19.5. The van der Waals surface area contributed by atoms with Crippen LogP contribution in [-0.2, 0) is 65.9 Å². The molecule has 7 aliphatic rings. The zero-order valence-electron chi connectivity index (χ0n) is 53.6. The lowest BCUT2D eigenvalue weighted by molar-refractivity contribution is -0.248. The smallest absolute Gasteiger partial charge is 0.410 e. The Balaban J connectivity index is 0.712. The largest absolute Gasteiger partial charge is 0.479 e. The van der Waals surface area contributed by atoms with Crippen molar-refractivity contribution in [2.24, 2.45) is 16.2 Å². The molecule has 3 aromatic heterocycles. The SMILES string of the molecule is Cc1c(-c2ccc(N3CCc4cccc(C(=O)Nc5nc6ccccc6s5)c4C3)nc2C(=O)O)cnn1CC12CC3(C)CC(C)(C1)CC(OCCN(CC[C@H](O)CO)C(=O)OCc1ccc(CCCNC(=O)CN4C(=O)C=CC4=O)cc1O[C@@H]1O[C@H](C(=O)O)C[C@H](O)[C@H]1O)(C3)C2. The van der Waals surface area contributed by atoms with Gasteiger partial charge < -0.3 is 64.7 Å². The molecule has 508 valence electrons. The Morgan fingerprint density at radius 2 is 1.67 bits per heavy atom. The predicted octanol–water partition coefficient (Wildman–Crippen LogP) is 6.17. The molecule has 4 bridgehead atoms. The van der Waals surface area contributed by atoms with E-state index in [0.29, 0.717) is 78.5 Å². The number of carboxylic acids is 2. The molecule has 5 fully saturated rings. The Labute approximate surface area is 556 Å². The minimum absolute atomic E-state index is 0.0116. The number of pyridine rings is 1. The maximum absolute atomic E-state index is 14.3. The number of para-hydroxylation sites is 1. The third kappa shape index (κ3) is 14.5. The first-order valence-electron chi connectivity index (χ1n) is 32.4. The molecule has 2 unspecified atom stereocenters. The molecule has 5 amide bonds. The summed E-state index contributed by atoms with van der Waals surface area (Å²) >= 11 is 1.40. The number of rotatable bonds is 26. The second-order valence-electron chi connectivity index (χ2n) is 27.3. The predicted molar refractivity (Wildman–Crippen MR) is 348 cm³/mol. The van der Waals surface area contributed by atoms with Gasteiger partial charge in [-0.05, 0) is 140 Å². The highest BCUT2D eigenvalue weighted by Crippen LogP contribution is 2.72. The number of amides is 5. The summed E-state index contributed by atoms with van der Waals surface area (Å²) < 4.78 is 27.6. The number of aliphatic hydroxyl groups is 4. The van der Waals surface area contributed by atoms with E-state index in [1.165, 1.54) is 16.2 Å². The van der Waals surface area contributed by atoms with Crippen LogP contribution < -0.4 is 20.3 Å². The topological polar surface area (TPSA) is 355 Å². The van der Waals surface area contributed by atoms with Crippen molar-refractivity contribution in [1.82, 2.24) is 34.9 Å². The summed E-state index contributed by atoms with van der Waals surface area (Å²) in [6.45, 7) is 6.93. The Kier molecular flexibility index (Phi) is 19.2. The van der Waals surface area contributed by atoms with Crippen LogP contribution in [0.3, 0.4) is 0 Å². The van der Waals surface area contributed by atoms with Crippen molar-refractivity contribution < 1.29 is 83.1 Å². The molecule has 1 saturated heterocycles. The van der Waals surface area contributed by atoms with E-state index in [-0.39, 0.29) is 71.8 Å². The van der Waals surface area contributed by atoms with Gasteiger partial charge in [0, 0.05) is 85.8 Å². The number of aryl methyl sites for hydroxylation is 1. The van der Waals surface area contributed by atoms with E-state index >= 15 is 0 Å². The number of carbonyl (C=O) groups excluding carboxylic acids is 5. The maximum Gasteiger partial charge on any atom is 0.410 e. The highest BCUT2D eigenvalue weighted by molar-refractivity contribution is 7.22. The van der Waals surface area contributed by atoms with E-state index in [0.717, 1.165) is 76.2 Å². The summed E-state index contributed by atoms with van der Waals surface area (Å²) in [4.78, 5) is 103. The highest BCUT2D eigenvalue weighted by atomic mass is 32.1. The molecule has 0 spiro atoms. The molecule has 3 aromatic carbocycles. The maximum atomic E-state index is 14.3. The molecular weight excluding hydrogens is 1260 g/mol. The molecule has 0 radical (unpaired) electrons. The van der Waals surface area contributed by atoms with E-state index in [4.69, 9.17) is 29.0 Å². The van der Waals surface area contributed by atoms with Crippen molar-refractivity contribution >= 4 is 74.2 Å². The molecule has 4 saturated carbocycles. The molecule has 6 aromatic rings. The van der Waals surface area contributed by atoms with Gasteiger partial charge in [-0.25, -0.2) is 24.4 Å². The van der Waals surface area contributed by atoms with Crippen LogP contribution in [-0.4, -0.2) is 184 Å². The van der Waals surface area contributed by atoms with Crippen LogP contribution in [0.4, 0.5) is 15.7 Å². The van der Waals surface area contributed by atoms with E-state index in [2.05, 4.69) is 29.5 Å². The fourth-order valence-electron chi connectivity index (χ4n) is 16.2. The lowest BCUT2D eigenvalue weighted by atomic mass is 9.39. The van der Waals surface area contributed by atoms with Crippen LogP contribution in [0.25, 0.3) is 21.3 Å². The van der Waals surface area contributed by atoms with Crippen molar-refractivity contribution in [3.8, 4) is 16.9 Å². The third-order valence-corrected chi connectivity index (χ3v) is 20.5. The first-order valence-corrected chi connectivity index (χ1v) is 33.2. The van der Waals surface area contributed by atoms with Gasteiger partial charge in [-0.2, -0.15) is 5.10 Å². The number of aromatic nitrogens is 4. The average Bonchev–Trinajstić information content (AvgIpc) is 0.845. The van der Waals surface area contributed by atoms with Gasteiger partial charge in [-0.15, -0.1) is 0 Å². The Morgan fingerprint density at radius 3 is 2.41 bits per heavy atom. The van der Waals surface area contributed by atoms with Crippen LogP contribution in [0.5, 0.6) is 5.75 Å². The Hall–Kier alpha value is -8.70. The van der Waals surface area contributed by atoms with Crippen LogP contribution in [0.2, 0.25) is 0 Å². The number of hydrogen-bond acceptors (Lipinski definition) is 20. The number of carbonyl (C=O) groups is 7. The summed E-state index contributed by atoms with van der Waals surface area (Å²) in [5.74, 6) is -4.05. The number of carboxylic acid groups (broad SMARTS) is 2. The number of imide groups is 1. The van der Waals surface area contributed by atoms with Gasteiger partial charge in [0.2, 0.25) is 12.2 Å². The molecule has 96 heavy (non-hydrogen) atoms. The second kappa shape index (κ2) is 27.4. The number of nitrogens with one attached hydrogen (secondary N) is 2. The van der Waals surface area contributed by atoms with Crippen LogP contribution in [0.1, 0.15) is 120 Å². The van der Waals surface area contributed by atoms with E-state index < -0.39 is 98.2 Å². The van der Waals surface area contributed by atoms with Gasteiger partial charge in [0.25, 0.3) is 17.7 Å². The number of aliphatic carboxylic acids is 1. The number of ether oxygens (including phenoxy) is 4. The zero-order valence-corrected chi connectivity index (χ0v) is 54.4. The van der Waals surface area contributed by atoms with E-state index in [1.807, 2.05) is 59.0 Å². The molecule has 6 heterocycles. The number of thiazole rings is 1. The first kappa shape index (κ1) is 67.3. The molecule has 8 N–H and O–H groups in total. The fourth-order valence-corrected chi connectivity index (χ4v) is 17.1. The molecule has 27 heteroatoms. The quantitative estimate of drug-likeness (QED) is 0.0222. The van der Waals surface area contributed by atoms with Gasteiger partial charge in [-0.3, -0.25) is 34.1 Å². The molecule has 4 aliphatic carbocycles. The summed E-state index contributed by atoms with van der Waals surface area (Å²) in [5, 5.41) is 73.4. The van der Waals surface area contributed by atoms with Gasteiger partial charge in [0.1, 0.15) is 30.8 Å². The van der Waals surface area contributed by atoms with Gasteiger partial charge in [-0.1, -0.05) is 61.6 Å². The van der Waals surface area contributed by atoms with Crippen molar-refractivity contribution in [3.05, 3.63) is 130 Å². The van der Waals surface area contributed by atoms with Gasteiger partial charge in [0.05, 0.1) is 47.4 Å². The first-order chi connectivity index (χ1) is 45.9. The van der Waals surface area contributed by atoms with Crippen molar-refractivity contribution in [2.45, 2.75) is 147 Å². The molecular formula is C69H79N9O17S. The number of nitrogens with zero attached hydrogens (tertiary/aromatic N) is 7. The number of fused-ring (bicyclic) bond motifs is 2. The number of benzene rings is 3. The molecule has 26 nitrogen and oxygen atoms in total. The second-order valence-corrected chi connectivity index (χ2v) is 28.4. The van der Waals surface area contributed by atoms with Crippen LogP contribution >= 0.6 is 11.3 Å². The Morgan fingerprint density at radius 1 is 0.896 bits per heavy atom. The van der Waals surface area contributed by atoms with Crippen LogP contribution in [0.15, 0.2) is 91.1 Å². The van der Waals surface area contributed by atoms with Crippen molar-refractivity contribution in [2.75, 3.05) is 56.2 Å². The summed E-state index contributed by atoms with van der Waals surface area (Å²) in [6.07, 6.45) is 1.70. The summed E-state index contributed by atoms with van der Waals surface area (Å²) in [6, 6.07) is 21.9. The van der Waals surface area contributed by atoms with E-state index in [1.54, 1.807) is 36.5 Å². The highest BCUT2D eigenvalue weighted by Gasteiger charge is 2.66. The number of aliphatic hydroxyl groups excluding tert-OH is 4. The number of hydrogen-bond donors (Lipinski definition) is 8. The van der Waals surface area contributed by atoms with Crippen LogP contribution in [0, 0.1) is 23.2 Å². The molecule has 3 aliphatic heterocycles. The van der Waals surface area contributed by atoms with Gasteiger partial charge in [0.15, 0.2) is 16.9 Å². The summed E-state index contributed by atoms with van der Waals surface area (Å²) in [7, 11) is 0. The van der Waals surface area contributed by atoms with Gasteiger partial charge >= 0.3 is 18.0 Å². The lowest BCUT2D eigenvalue weighted by Gasteiger charge is -2.69. The standard InChI is InChI=1S/C69H79N9O17S/c1-40-47(45-15-16-54(73-58(45)62(89)90)76-22-19-42-9-6-10-46(48(42)29-76)60(86)74-64-72-49-11-4-5-12-53(49)96-64)28-71-78(40)39-68-34-66(2)33-67(3,35-68)37-69(36-66,38-68)93-25-24-75(23-20-44(80)31-79)65(91)92-32-43-14-13-41(8-7-21-70-55(82)30-77-56(83)17-18-57(77)84)26-51(43)94-63-59(85)50(81)27-52(95-63)61(87)88/h4-6,9-18,26,28,44,50,52,59,63,79-81,85H,7-8,19-25,27,29-39H2,1-3H3,(H,70,82)(H,87,88)(H,89,90)(H,72,74,86)/t44-,50-,52-,59+,63+,66?,67?,68?,69?/m0/s1. The van der Waals surface area contributed by atoms with Crippen molar-refractivity contribution in [3.63, 3.8) is 0 Å². The Bertz CT molecular complexity index is 3970. The van der Waals surface area contributed by atoms with E-state index in [9.17, 15) is 64.2 Å². The normalized spacial score (nSPS) is 25.2. The molecule has 7 atom stereocenters. The molecule has 13 rings (SSSR count). The number of anilines is 2. The van der Waals surface area contributed by atoms with Crippen molar-refractivity contribution in [1.29, 1.82) is 0 Å². The minimum Gasteiger partial charge on any atom is -0.479 e. The summed E-state index contributed by atoms with van der Waals surface area (Å²) in [5.41, 5.74) is 4.80. The zero-order chi connectivity index (χ0) is 67.8. The fraction of sp³-hybridized carbons (Fsp3) is 0.478. The lowest BCUT2D eigenvalue weighted by Crippen LogP contribution is -2.64. The number of aromatic carboxylic acids is 1.